The van der Waals surface area contributed by atoms with Crippen LogP contribution in [0.2, 0.25) is 0 Å². The Morgan fingerprint density at radius 2 is 1.57 bits per heavy atom. The second-order valence-electron chi connectivity index (χ2n) is 5.21. The minimum absolute atomic E-state index is 0.0166. The number of aromatic nitrogens is 2. The van der Waals surface area contributed by atoms with E-state index in [2.05, 4.69) is 20.9 Å². The van der Waals surface area contributed by atoms with E-state index in [-0.39, 0.29) is 11.4 Å². The van der Waals surface area contributed by atoms with Crippen LogP contribution in [0.3, 0.4) is 0 Å². The van der Waals surface area contributed by atoms with Gasteiger partial charge >= 0.3 is 11.9 Å². The first-order valence-electron chi connectivity index (χ1n) is 8.16. The molecule has 7 heteroatoms. The molecule has 0 saturated carbocycles. The number of ether oxygens (including phenoxy) is 2. The normalized spacial score (nSPS) is 10.6. The van der Waals surface area contributed by atoms with Crippen molar-refractivity contribution in [3.63, 3.8) is 0 Å². The van der Waals surface area contributed by atoms with Crippen LogP contribution in [0.4, 0.5) is 0 Å². The molecule has 23 heavy (non-hydrogen) atoms. The Morgan fingerprint density at radius 1 is 1.00 bits per heavy atom. The van der Waals surface area contributed by atoms with Crippen LogP contribution in [0.5, 0.6) is 0 Å². The summed E-state index contributed by atoms with van der Waals surface area (Å²) in [7, 11) is 0. The monoisotopic (exact) mass is 388 g/mol. The lowest BCUT2D eigenvalue weighted by molar-refractivity contribution is 0.0440. The summed E-state index contributed by atoms with van der Waals surface area (Å²) in [6.45, 7) is 7.22. The highest BCUT2D eigenvalue weighted by molar-refractivity contribution is 9.10. The maximum Gasteiger partial charge on any atom is 0.359 e. The Morgan fingerprint density at radius 3 is 2.09 bits per heavy atom. The number of imidazole rings is 1. The van der Waals surface area contributed by atoms with Gasteiger partial charge in [-0.2, -0.15) is 0 Å². The highest BCUT2D eigenvalue weighted by Crippen LogP contribution is 2.20. The van der Waals surface area contributed by atoms with Crippen LogP contribution in [0, 0.1) is 0 Å². The summed E-state index contributed by atoms with van der Waals surface area (Å²) in [6.07, 6.45) is 4.21. The molecule has 0 bridgehead atoms. The van der Waals surface area contributed by atoms with E-state index >= 15 is 0 Å². The van der Waals surface area contributed by atoms with Crippen molar-refractivity contribution in [2.24, 2.45) is 0 Å². The van der Waals surface area contributed by atoms with E-state index < -0.39 is 11.9 Å². The number of hydrogen-bond donors (Lipinski definition) is 0. The number of nitrogens with zero attached hydrogens (tertiary/aromatic N) is 2. The van der Waals surface area contributed by atoms with Gasteiger partial charge < -0.3 is 14.0 Å². The zero-order valence-corrected chi connectivity index (χ0v) is 15.6. The van der Waals surface area contributed by atoms with Gasteiger partial charge in [0.2, 0.25) is 0 Å². The molecule has 1 rings (SSSR count). The van der Waals surface area contributed by atoms with Gasteiger partial charge in [-0.05, 0) is 35.2 Å². The van der Waals surface area contributed by atoms with E-state index in [0.29, 0.717) is 24.5 Å². The maximum absolute atomic E-state index is 12.4. The van der Waals surface area contributed by atoms with Crippen molar-refractivity contribution in [1.29, 1.82) is 0 Å². The SMILES string of the molecule is CCCCOC(=O)c1nc(Br)n(CCC)c1C(=O)OCCCC. The van der Waals surface area contributed by atoms with Crippen molar-refractivity contribution in [3.8, 4) is 0 Å². The first-order valence-corrected chi connectivity index (χ1v) is 8.96. The topological polar surface area (TPSA) is 70.4 Å². The Kier molecular flexibility index (Phi) is 8.91. The third-order valence-corrected chi connectivity index (χ3v) is 3.82. The van der Waals surface area contributed by atoms with Crippen molar-refractivity contribution in [2.75, 3.05) is 13.2 Å². The molecule has 0 saturated heterocycles. The number of carbonyl (C=O) groups excluding carboxylic acids is 2. The molecule has 6 nitrogen and oxygen atoms in total. The first kappa shape index (κ1) is 19.7. The first-order chi connectivity index (χ1) is 11.1. The lowest BCUT2D eigenvalue weighted by Gasteiger charge is -2.09. The number of unbranched alkanes of at least 4 members (excludes halogenated alkanes) is 2. The number of hydrogen-bond acceptors (Lipinski definition) is 5. The number of rotatable bonds is 10. The zero-order valence-electron chi connectivity index (χ0n) is 14.1. The molecular formula is C16H25BrN2O4. The molecule has 0 aliphatic carbocycles. The molecule has 0 spiro atoms. The van der Waals surface area contributed by atoms with Crippen LogP contribution in [-0.4, -0.2) is 34.7 Å². The molecule has 0 amide bonds. The van der Waals surface area contributed by atoms with Crippen molar-refractivity contribution in [1.82, 2.24) is 9.55 Å². The molecule has 0 atom stereocenters. The van der Waals surface area contributed by atoms with Crippen LogP contribution in [0.25, 0.3) is 0 Å². The van der Waals surface area contributed by atoms with Gasteiger partial charge in [0.15, 0.2) is 16.1 Å². The number of carbonyl (C=O) groups is 2. The van der Waals surface area contributed by atoms with E-state index in [1.165, 1.54) is 0 Å². The molecule has 0 N–H and O–H groups in total. The molecule has 0 aliphatic heterocycles. The van der Waals surface area contributed by atoms with Crippen molar-refractivity contribution >= 4 is 27.9 Å². The van der Waals surface area contributed by atoms with Crippen molar-refractivity contribution in [3.05, 3.63) is 16.1 Å². The highest BCUT2D eigenvalue weighted by Gasteiger charge is 2.28. The lowest BCUT2D eigenvalue weighted by atomic mass is 10.3. The number of esters is 2. The van der Waals surface area contributed by atoms with Crippen molar-refractivity contribution in [2.45, 2.75) is 59.4 Å². The molecule has 1 aromatic rings. The smallest absolute Gasteiger partial charge is 0.359 e. The molecule has 0 fully saturated rings. The predicted molar refractivity (Wildman–Crippen MR) is 90.6 cm³/mol. The van der Waals surface area contributed by atoms with Gasteiger partial charge in [0.05, 0.1) is 13.2 Å². The summed E-state index contributed by atoms with van der Waals surface area (Å²) in [6, 6.07) is 0. The molecular weight excluding hydrogens is 364 g/mol. The standard InChI is InChI=1S/C16H25BrN2O4/c1-4-7-10-22-14(20)12-13(15(21)23-11-8-5-2)19(9-6-3)16(17)18-12/h4-11H2,1-3H3. The second kappa shape index (κ2) is 10.4. The molecule has 0 aromatic carbocycles. The van der Waals surface area contributed by atoms with Gasteiger partial charge in [0.1, 0.15) is 0 Å². The molecule has 130 valence electrons. The maximum atomic E-state index is 12.4. The molecule has 1 heterocycles. The Balaban J connectivity index is 3.01. The molecule has 0 unspecified atom stereocenters. The summed E-state index contributed by atoms with van der Waals surface area (Å²) in [5, 5.41) is 0. The fourth-order valence-electron chi connectivity index (χ4n) is 1.96. The van der Waals surface area contributed by atoms with Crippen LogP contribution < -0.4 is 0 Å². The second-order valence-corrected chi connectivity index (χ2v) is 5.92. The van der Waals surface area contributed by atoms with E-state index in [1.54, 1.807) is 4.57 Å². The third kappa shape index (κ3) is 5.64. The van der Waals surface area contributed by atoms with E-state index in [0.717, 1.165) is 32.1 Å². The number of halogens is 1. The lowest BCUT2D eigenvalue weighted by Crippen LogP contribution is -2.18. The van der Waals surface area contributed by atoms with Gasteiger partial charge in [-0.25, -0.2) is 14.6 Å². The minimum atomic E-state index is -0.587. The van der Waals surface area contributed by atoms with Gasteiger partial charge in [0.25, 0.3) is 0 Å². The molecule has 0 radical (unpaired) electrons. The molecule has 1 aromatic heterocycles. The van der Waals surface area contributed by atoms with Crippen LogP contribution in [0.1, 0.15) is 73.9 Å². The van der Waals surface area contributed by atoms with Gasteiger partial charge in [-0.15, -0.1) is 0 Å². The Labute approximate surface area is 145 Å². The van der Waals surface area contributed by atoms with Gasteiger partial charge in [-0.3, -0.25) is 0 Å². The fraction of sp³-hybridized carbons (Fsp3) is 0.688. The van der Waals surface area contributed by atoms with E-state index in [1.807, 2.05) is 20.8 Å². The average Bonchev–Trinajstić information content (AvgIpc) is 2.85. The average molecular weight is 389 g/mol. The predicted octanol–water partition coefficient (Wildman–Crippen LogP) is 3.97. The Hall–Kier alpha value is -1.37. The minimum Gasteiger partial charge on any atom is -0.461 e. The Bertz CT molecular complexity index is 528. The van der Waals surface area contributed by atoms with E-state index in [9.17, 15) is 9.59 Å². The summed E-state index contributed by atoms with van der Waals surface area (Å²) >= 11 is 3.31. The van der Waals surface area contributed by atoms with Crippen LogP contribution >= 0.6 is 15.9 Å². The molecule has 0 aliphatic rings. The summed E-state index contributed by atoms with van der Waals surface area (Å²) in [5.74, 6) is -1.12. The summed E-state index contributed by atoms with van der Waals surface area (Å²) in [4.78, 5) is 28.8. The van der Waals surface area contributed by atoms with Gasteiger partial charge in [0, 0.05) is 6.54 Å². The fourth-order valence-corrected chi connectivity index (χ4v) is 2.49. The quantitative estimate of drug-likeness (QED) is 0.447. The largest absolute Gasteiger partial charge is 0.461 e. The van der Waals surface area contributed by atoms with Crippen molar-refractivity contribution < 1.29 is 19.1 Å². The highest BCUT2D eigenvalue weighted by atomic mass is 79.9. The van der Waals surface area contributed by atoms with Crippen LogP contribution in [0.15, 0.2) is 4.73 Å². The van der Waals surface area contributed by atoms with Gasteiger partial charge in [-0.1, -0.05) is 33.6 Å². The summed E-state index contributed by atoms with van der Waals surface area (Å²) in [5.41, 5.74) is 0.180. The van der Waals surface area contributed by atoms with Crippen LogP contribution in [-0.2, 0) is 16.0 Å². The third-order valence-electron chi connectivity index (χ3n) is 3.22. The summed E-state index contributed by atoms with van der Waals surface area (Å²) < 4.78 is 12.5. The zero-order chi connectivity index (χ0) is 17.2. The van der Waals surface area contributed by atoms with E-state index in [4.69, 9.17) is 9.47 Å².